The molecule has 0 aliphatic rings. The molecule has 0 aliphatic carbocycles. The van der Waals surface area contributed by atoms with Crippen LogP contribution < -0.4 is 4.74 Å². The third-order valence-corrected chi connectivity index (χ3v) is 3.55. The summed E-state index contributed by atoms with van der Waals surface area (Å²) in [4.78, 5) is 14.0. The average molecular weight is 328 g/mol. The highest BCUT2D eigenvalue weighted by molar-refractivity contribution is 6.01. The number of amides is 1. The Labute approximate surface area is 143 Å². The van der Waals surface area contributed by atoms with Gasteiger partial charge < -0.3 is 14.7 Å². The fraction of sp³-hybridized carbons (Fsp3) is 0.368. The van der Waals surface area contributed by atoms with Crippen molar-refractivity contribution in [2.24, 2.45) is 0 Å². The maximum absolute atomic E-state index is 12.4. The molecule has 0 radical (unpaired) electrons. The molecule has 0 unspecified atom stereocenters. The van der Waals surface area contributed by atoms with E-state index in [0.717, 1.165) is 0 Å². The van der Waals surface area contributed by atoms with Crippen LogP contribution in [0.2, 0.25) is 0 Å². The molecule has 0 heterocycles. The lowest BCUT2D eigenvalue weighted by molar-refractivity contribution is -0.126. The van der Waals surface area contributed by atoms with Gasteiger partial charge in [-0.15, -0.1) is 6.58 Å². The van der Waals surface area contributed by atoms with E-state index in [4.69, 9.17) is 4.74 Å². The molecule has 0 aromatic heterocycles. The number of hydrogen-bond acceptors (Lipinski definition) is 4. The fourth-order valence-corrected chi connectivity index (χ4v) is 2.34. The van der Waals surface area contributed by atoms with Crippen LogP contribution in [0.4, 0.5) is 0 Å². The van der Waals surface area contributed by atoms with Gasteiger partial charge in [-0.1, -0.05) is 6.08 Å². The summed E-state index contributed by atoms with van der Waals surface area (Å²) in [6, 6.07) is 5.32. The minimum atomic E-state index is -0.307. The van der Waals surface area contributed by atoms with Crippen molar-refractivity contribution < 1.29 is 14.6 Å². The van der Waals surface area contributed by atoms with Gasteiger partial charge in [0.1, 0.15) is 11.6 Å². The molecule has 1 amide bonds. The molecule has 0 saturated heterocycles. The molecule has 0 spiro atoms. The summed E-state index contributed by atoms with van der Waals surface area (Å²) in [5.74, 6) is 0.0805. The number of nitrogens with zero attached hydrogens (tertiary/aromatic N) is 2. The number of aromatic hydroxyl groups is 1. The molecule has 1 aromatic carbocycles. The summed E-state index contributed by atoms with van der Waals surface area (Å²) in [5, 5.41) is 19.5. The van der Waals surface area contributed by atoms with Crippen LogP contribution in [0.25, 0.3) is 6.08 Å². The minimum Gasteiger partial charge on any atom is -0.504 e. The van der Waals surface area contributed by atoms with Gasteiger partial charge in [-0.3, -0.25) is 4.79 Å². The van der Waals surface area contributed by atoms with Crippen LogP contribution in [-0.4, -0.2) is 35.6 Å². The van der Waals surface area contributed by atoms with Crippen LogP contribution in [0.5, 0.6) is 11.5 Å². The van der Waals surface area contributed by atoms with Crippen LogP contribution >= 0.6 is 0 Å². The van der Waals surface area contributed by atoms with Crippen molar-refractivity contribution in [3.05, 3.63) is 41.5 Å². The maximum Gasteiger partial charge on any atom is 0.264 e. The topological polar surface area (TPSA) is 73.6 Å². The first kappa shape index (κ1) is 19.3. The van der Waals surface area contributed by atoms with Crippen LogP contribution in [0.3, 0.4) is 0 Å². The molecular formula is C19H24N2O3. The molecule has 0 saturated carbocycles. The van der Waals surface area contributed by atoms with Crippen LogP contribution in [0.15, 0.2) is 30.4 Å². The number of benzene rings is 1. The van der Waals surface area contributed by atoms with Crippen molar-refractivity contribution in [1.29, 1.82) is 5.26 Å². The highest BCUT2D eigenvalue weighted by atomic mass is 16.5. The number of nitriles is 1. The van der Waals surface area contributed by atoms with Gasteiger partial charge in [-0.05, 0) is 51.0 Å². The summed E-state index contributed by atoms with van der Waals surface area (Å²) in [7, 11) is 0. The predicted molar refractivity (Wildman–Crippen MR) is 94.7 cm³/mol. The Balaban J connectivity index is 3.35. The first-order valence-corrected chi connectivity index (χ1v) is 8.02. The molecule has 5 heteroatoms. The lowest BCUT2D eigenvalue weighted by Crippen LogP contribution is -2.31. The zero-order valence-electron chi connectivity index (χ0n) is 14.5. The van der Waals surface area contributed by atoms with E-state index in [1.54, 1.807) is 23.1 Å². The van der Waals surface area contributed by atoms with Gasteiger partial charge >= 0.3 is 0 Å². The van der Waals surface area contributed by atoms with E-state index in [0.29, 0.717) is 43.0 Å². The predicted octanol–water partition coefficient (Wildman–Crippen LogP) is 3.29. The van der Waals surface area contributed by atoms with E-state index in [9.17, 15) is 15.2 Å². The van der Waals surface area contributed by atoms with E-state index in [1.165, 1.54) is 6.08 Å². The molecule has 1 N–H and O–H groups in total. The second kappa shape index (κ2) is 9.41. The number of phenols is 1. The van der Waals surface area contributed by atoms with Crippen molar-refractivity contribution in [3.63, 3.8) is 0 Å². The minimum absolute atomic E-state index is 0.0522. The van der Waals surface area contributed by atoms with Crippen molar-refractivity contribution in [1.82, 2.24) is 4.90 Å². The summed E-state index contributed by atoms with van der Waals surface area (Å²) in [6.07, 6.45) is 3.65. The summed E-state index contributed by atoms with van der Waals surface area (Å²) in [6.45, 7) is 10.7. The first-order valence-electron chi connectivity index (χ1n) is 8.02. The molecule has 24 heavy (non-hydrogen) atoms. The zero-order chi connectivity index (χ0) is 18.1. The lowest BCUT2D eigenvalue weighted by Gasteiger charge is -2.18. The van der Waals surface area contributed by atoms with Gasteiger partial charge in [-0.2, -0.15) is 5.26 Å². The number of hydrogen-bond donors (Lipinski definition) is 1. The Morgan fingerprint density at radius 1 is 1.38 bits per heavy atom. The molecule has 1 rings (SSSR count). The van der Waals surface area contributed by atoms with E-state index in [2.05, 4.69) is 6.58 Å². The number of carbonyl (C=O) groups is 1. The summed E-state index contributed by atoms with van der Waals surface area (Å²) in [5.41, 5.74) is 1.32. The van der Waals surface area contributed by atoms with E-state index in [-0.39, 0.29) is 17.2 Å². The highest BCUT2D eigenvalue weighted by Crippen LogP contribution is 2.33. The van der Waals surface area contributed by atoms with Gasteiger partial charge in [0, 0.05) is 18.7 Å². The van der Waals surface area contributed by atoms with Crippen LogP contribution in [-0.2, 0) is 11.2 Å². The van der Waals surface area contributed by atoms with Gasteiger partial charge in [0.2, 0.25) is 0 Å². The molecule has 0 fully saturated rings. The molecule has 0 aliphatic heterocycles. The van der Waals surface area contributed by atoms with E-state index in [1.807, 2.05) is 26.8 Å². The third-order valence-electron chi connectivity index (χ3n) is 3.55. The molecule has 0 bridgehead atoms. The standard InChI is InChI=1S/C19H24N2O3/c1-5-9-15-10-14(12-17(18(15)22)24-8-4)11-16(13-20)19(23)21(6-2)7-3/h5,10-12,22H,1,6-9H2,2-4H3/b16-11-. The SMILES string of the molecule is C=CCc1cc(/C=C(/C#N)C(=O)N(CC)CC)cc(OCC)c1O. The van der Waals surface area contributed by atoms with Crippen LogP contribution in [0.1, 0.15) is 31.9 Å². The number of allylic oxidation sites excluding steroid dienone is 1. The lowest BCUT2D eigenvalue weighted by atomic mass is 10.0. The van der Waals surface area contributed by atoms with Gasteiger partial charge in [0.05, 0.1) is 6.61 Å². The summed E-state index contributed by atoms with van der Waals surface area (Å²) >= 11 is 0. The number of ether oxygens (including phenoxy) is 1. The smallest absolute Gasteiger partial charge is 0.264 e. The largest absolute Gasteiger partial charge is 0.504 e. The number of phenolic OH excluding ortho intramolecular Hbond substituents is 1. The molecule has 1 aromatic rings. The number of likely N-dealkylation sites (N-methyl/N-ethyl adjacent to an activating group) is 1. The van der Waals surface area contributed by atoms with Crippen molar-refractivity contribution in [3.8, 4) is 17.6 Å². The van der Waals surface area contributed by atoms with Crippen LogP contribution in [0, 0.1) is 11.3 Å². The molecule has 0 atom stereocenters. The van der Waals surface area contributed by atoms with Gasteiger partial charge in [0.25, 0.3) is 5.91 Å². The Hall–Kier alpha value is -2.74. The zero-order valence-corrected chi connectivity index (χ0v) is 14.5. The molecule has 128 valence electrons. The maximum atomic E-state index is 12.4. The normalized spacial score (nSPS) is 10.8. The molecule has 5 nitrogen and oxygen atoms in total. The van der Waals surface area contributed by atoms with E-state index < -0.39 is 0 Å². The first-order chi connectivity index (χ1) is 11.5. The van der Waals surface area contributed by atoms with Crippen molar-refractivity contribution >= 4 is 12.0 Å². The van der Waals surface area contributed by atoms with Gasteiger partial charge in [-0.25, -0.2) is 0 Å². The molecular weight excluding hydrogens is 304 g/mol. The second-order valence-electron chi connectivity index (χ2n) is 5.10. The van der Waals surface area contributed by atoms with Crippen molar-refractivity contribution in [2.75, 3.05) is 19.7 Å². The third kappa shape index (κ3) is 4.63. The second-order valence-corrected chi connectivity index (χ2v) is 5.10. The van der Waals surface area contributed by atoms with Gasteiger partial charge in [0.15, 0.2) is 11.5 Å². The number of rotatable bonds is 8. The van der Waals surface area contributed by atoms with E-state index >= 15 is 0 Å². The monoisotopic (exact) mass is 328 g/mol. The number of carbonyl (C=O) groups excluding carboxylic acids is 1. The highest BCUT2D eigenvalue weighted by Gasteiger charge is 2.16. The Morgan fingerprint density at radius 3 is 2.54 bits per heavy atom. The Morgan fingerprint density at radius 2 is 2.04 bits per heavy atom. The quantitative estimate of drug-likeness (QED) is 0.451. The summed E-state index contributed by atoms with van der Waals surface area (Å²) < 4.78 is 5.44. The Kier molecular flexibility index (Phi) is 7.57. The van der Waals surface area contributed by atoms with Crippen molar-refractivity contribution in [2.45, 2.75) is 27.2 Å². The fourth-order valence-electron chi connectivity index (χ4n) is 2.34. The Bertz CT molecular complexity index is 668. The average Bonchev–Trinajstić information content (AvgIpc) is 2.58.